The van der Waals surface area contributed by atoms with Crippen LogP contribution >= 0.6 is 15.9 Å². The van der Waals surface area contributed by atoms with Gasteiger partial charge < -0.3 is 14.8 Å². The Morgan fingerprint density at radius 2 is 1.81 bits per heavy atom. The summed E-state index contributed by atoms with van der Waals surface area (Å²) in [5.74, 6) is -2.01. The zero-order chi connectivity index (χ0) is 30.8. The predicted molar refractivity (Wildman–Crippen MR) is 153 cm³/mol. The molecule has 4 aromatic heterocycles. The third-order valence-electron chi connectivity index (χ3n) is 8.18. The number of anilines is 1. The van der Waals surface area contributed by atoms with Crippen molar-refractivity contribution in [3.8, 4) is 11.3 Å². The molecule has 1 aliphatic carbocycles. The minimum atomic E-state index is -5.13. The number of nitrogens with one attached hydrogen (secondary N) is 1. The molecule has 0 bridgehead atoms. The molecule has 43 heavy (non-hydrogen) atoms. The van der Waals surface area contributed by atoms with E-state index >= 15 is 0 Å². The number of ketones is 1. The first-order valence-corrected chi connectivity index (χ1v) is 14.2. The number of aryl methyl sites for hydroxylation is 2. The van der Waals surface area contributed by atoms with Crippen LogP contribution in [0.15, 0.2) is 47.6 Å². The fourth-order valence-corrected chi connectivity index (χ4v) is 6.06. The minimum absolute atomic E-state index is 0.0103. The molecule has 2 aliphatic rings. The lowest BCUT2D eigenvalue weighted by Crippen LogP contribution is -2.46. The summed E-state index contributed by atoms with van der Waals surface area (Å²) in [6, 6.07) is 3.93. The van der Waals surface area contributed by atoms with Gasteiger partial charge in [0.2, 0.25) is 11.8 Å². The van der Waals surface area contributed by atoms with Gasteiger partial charge in [0.15, 0.2) is 0 Å². The average Bonchev–Trinajstić information content (AvgIpc) is 3.32. The highest BCUT2D eigenvalue weighted by atomic mass is 79.9. The van der Waals surface area contributed by atoms with Gasteiger partial charge in [0, 0.05) is 35.6 Å². The number of carbonyl (C=O) groups is 3. The third-order valence-corrected chi connectivity index (χ3v) is 8.62. The Hall–Kier alpha value is -4.20. The molecule has 2 amide bonds. The zero-order valence-corrected chi connectivity index (χ0v) is 24.8. The van der Waals surface area contributed by atoms with Crippen molar-refractivity contribution >= 4 is 50.2 Å². The third kappa shape index (κ3) is 5.28. The number of halogens is 4. The predicted octanol–water partition coefficient (Wildman–Crippen LogP) is 5.03. The van der Waals surface area contributed by atoms with Crippen LogP contribution in [0.2, 0.25) is 0 Å². The standard InChI is InChI=1S/C29H25BrF3N7O3/c1-14-4-5-23(30)37-26(14)38-27(43)20-7-28(3)8-22(28)40(20)24(41)13-39-12-18(25(42)29(31,32)33)17-6-19(36-11-21(17)39)16-9-34-15(2)35-10-16/h4-6,9-12,20,22H,7-8,13H2,1-3H3,(H,37,38,43)/t20-,22?,28-/m0/s1. The monoisotopic (exact) mass is 655 g/mol. The normalized spacial score (nSPS) is 21.1. The van der Waals surface area contributed by atoms with Crippen molar-refractivity contribution in [2.75, 3.05) is 5.32 Å². The van der Waals surface area contributed by atoms with E-state index in [1.807, 2.05) is 6.92 Å². The van der Waals surface area contributed by atoms with Crippen LogP contribution < -0.4 is 5.32 Å². The van der Waals surface area contributed by atoms with Crippen molar-refractivity contribution in [1.29, 1.82) is 0 Å². The van der Waals surface area contributed by atoms with Crippen LogP contribution in [0.1, 0.15) is 41.5 Å². The lowest BCUT2D eigenvalue weighted by Gasteiger charge is -2.27. The number of pyridine rings is 2. The van der Waals surface area contributed by atoms with Gasteiger partial charge in [-0.3, -0.25) is 19.4 Å². The average molecular weight is 656 g/mol. The van der Waals surface area contributed by atoms with Gasteiger partial charge in [-0.2, -0.15) is 13.2 Å². The summed E-state index contributed by atoms with van der Waals surface area (Å²) >= 11 is 3.30. The van der Waals surface area contributed by atoms with Gasteiger partial charge in [0.25, 0.3) is 5.78 Å². The fourth-order valence-electron chi connectivity index (χ4n) is 5.75. The number of rotatable bonds is 6. The summed E-state index contributed by atoms with van der Waals surface area (Å²) in [6.07, 6.45) is 1.34. The maximum Gasteiger partial charge on any atom is 0.454 e. The second-order valence-corrected chi connectivity index (χ2v) is 12.1. The highest BCUT2D eigenvalue weighted by Gasteiger charge is 2.64. The summed E-state index contributed by atoms with van der Waals surface area (Å²) in [5.41, 5.74) is 0.805. The molecule has 0 aromatic carbocycles. The summed E-state index contributed by atoms with van der Waals surface area (Å²) in [6.45, 7) is 5.10. The molecule has 10 nitrogen and oxygen atoms in total. The molecule has 1 N–H and O–H groups in total. The topological polar surface area (TPSA) is 123 Å². The van der Waals surface area contributed by atoms with E-state index in [4.69, 9.17) is 0 Å². The number of Topliss-reactive ketones (excluding diaryl/α,β-unsaturated/α-hetero) is 1. The van der Waals surface area contributed by atoms with Crippen molar-refractivity contribution in [2.24, 2.45) is 5.41 Å². The Balaban J connectivity index is 1.33. The molecule has 5 heterocycles. The van der Waals surface area contributed by atoms with Crippen molar-refractivity contribution in [3.05, 3.63) is 64.5 Å². The van der Waals surface area contributed by atoms with E-state index in [1.54, 1.807) is 26.0 Å². The number of alkyl halides is 3. The van der Waals surface area contributed by atoms with E-state index in [2.05, 4.69) is 41.2 Å². The smallest absolute Gasteiger partial charge is 0.336 e. The maximum atomic E-state index is 13.8. The molecule has 4 aromatic rings. The van der Waals surface area contributed by atoms with Crippen LogP contribution in [0.3, 0.4) is 0 Å². The van der Waals surface area contributed by atoms with Crippen LogP contribution in [0, 0.1) is 19.3 Å². The highest BCUT2D eigenvalue weighted by Crippen LogP contribution is 2.59. The van der Waals surface area contributed by atoms with Gasteiger partial charge in [-0.15, -0.1) is 0 Å². The number of carbonyl (C=O) groups excluding carboxylic acids is 3. The van der Waals surface area contributed by atoms with Crippen molar-refractivity contribution in [1.82, 2.24) is 29.4 Å². The molecule has 1 unspecified atom stereocenters. The Bertz CT molecular complexity index is 1810. The number of fused-ring (bicyclic) bond motifs is 2. The van der Waals surface area contributed by atoms with Gasteiger partial charge in [0.1, 0.15) is 28.8 Å². The van der Waals surface area contributed by atoms with Crippen LogP contribution in [-0.2, 0) is 16.1 Å². The second-order valence-electron chi connectivity index (χ2n) is 11.3. The van der Waals surface area contributed by atoms with E-state index < -0.39 is 35.4 Å². The number of amides is 2. The molecular weight excluding hydrogens is 631 g/mol. The second kappa shape index (κ2) is 10.2. The van der Waals surface area contributed by atoms with E-state index in [1.165, 1.54) is 34.1 Å². The molecule has 1 aliphatic heterocycles. The molecule has 3 atom stereocenters. The molecular formula is C29H25BrF3N7O3. The first-order chi connectivity index (χ1) is 20.2. The van der Waals surface area contributed by atoms with E-state index in [9.17, 15) is 27.6 Å². The Morgan fingerprint density at radius 3 is 2.51 bits per heavy atom. The number of nitrogens with zero attached hydrogens (tertiary/aromatic N) is 6. The number of hydrogen-bond acceptors (Lipinski definition) is 7. The molecule has 0 radical (unpaired) electrons. The number of piperidine rings is 1. The number of likely N-dealkylation sites (tertiary alicyclic amines) is 1. The van der Waals surface area contributed by atoms with Crippen LogP contribution in [0.5, 0.6) is 0 Å². The van der Waals surface area contributed by atoms with Crippen LogP contribution in [0.25, 0.3) is 22.2 Å². The van der Waals surface area contributed by atoms with Gasteiger partial charge in [-0.05, 0) is 65.7 Å². The first kappa shape index (κ1) is 28.9. The van der Waals surface area contributed by atoms with Gasteiger partial charge in [-0.25, -0.2) is 15.0 Å². The summed E-state index contributed by atoms with van der Waals surface area (Å²) in [5, 5.41) is 2.81. The van der Waals surface area contributed by atoms with Gasteiger partial charge in [0.05, 0.1) is 23.0 Å². The Kier molecular flexibility index (Phi) is 6.86. The molecule has 222 valence electrons. The molecule has 0 spiro atoms. The van der Waals surface area contributed by atoms with Crippen LogP contribution in [-0.4, -0.2) is 65.3 Å². The van der Waals surface area contributed by atoms with Crippen molar-refractivity contribution < 1.29 is 27.6 Å². The molecule has 1 saturated carbocycles. The van der Waals surface area contributed by atoms with E-state index in [0.29, 0.717) is 34.7 Å². The summed E-state index contributed by atoms with van der Waals surface area (Å²) in [4.78, 5) is 58.0. The molecule has 14 heteroatoms. The Morgan fingerprint density at radius 1 is 1.09 bits per heavy atom. The lowest BCUT2D eigenvalue weighted by molar-refractivity contribution is -0.138. The fraction of sp³-hybridized carbons (Fsp3) is 0.345. The lowest BCUT2D eigenvalue weighted by atomic mass is 10.0. The zero-order valence-electron chi connectivity index (χ0n) is 23.2. The first-order valence-electron chi connectivity index (χ1n) is 13.4. The summed E-state index contributed by atoms with van der Waals surface area (Å²) < 4.78 is 42.6. The van der Waals surface area contributed by atoms with E-state index in [0.717, 1.165) is 11.8 Å². The Labute approximate surface area is 251 Å². The summed E-state index contributed by atoms with van der Waals surface area (Å²) in [7, 11) is 0. The maximum absolute atomic E-state index is 13.8. The molecule has 6 rings (SSSR count). The molecule has 2 fully saturated rings. The number of aromatic nitrogens is 5. The largest absolute Gasteiger partial charge is 0.454 e. The van der Waals surface area contributed by atoms with Crippen molar-refractivity contribution in [2.45, 2.75) is 58.4 Å². The van der Waals surface area contributed by atoms with Gasteiger partial charge >= 0.3 is 6.18 Å². The number of hydrogen-bond donors (Lipinski definition) is 1. The van der Waals surface area contributed by atoms with Crippen LogP contribution in [0.4, 0.5) is 19.0 Å². The quantitative estimate of drug-likeness (QED) is 0.228. The molecule has 1 saturated heterocycles. The SMILES string of the molecule is Cc1ncc(-c2cc3c(C(=O)C(F)(F)F)cn(CC(=O)N4C5C[C@]5(C)C[C@H]4C(=O)Nc4nc(Br)ccc4C)c3cn2)cn1. The minimum Gasteiger partial charge on any atom is -0.336 e. The van der Waals surface area contributed by atoms with Crippen molar-refractivity contribution in [3.63, 3.8) is 0 Å². The highest BCUT2D eigenvalue weighted by molar-refractivity contribution is 9.10. The van der Waals surface area contributed by atoms with Gasteiger partial charge in [-0.1, -0.05) is 13.0 Å². The van der Waals surface area contributed by atoms with E-state index in [-0.39, 0.29) is 34.6 Å².